The van der Waals surface area contributed by atoms with Crippen molar-refractivity contribution in [3.8, 4) is 0 Å². The largest absolute Gasteiger partial charge is 0.481 e. The van der Waals surface area contributed by atoms with Gasteiger partial charge in [0.15, 0.2) is 5.92 Å². The standard InChI is InChI=1S/C22H42O4/c1-4-6-8-9-10-11-12-13-14-16-18-20(17-15-7-5-2)26-22(25)19(3)21(23)24/h19-20H,4-18H2,1-3H3,(H,23,24). The van der Waals surface area contributed by atoms with Crippen molar-refractivity contribution in [1.82, 2.24) is 0 Å². The van der Waals surface area contributed by atoms with E-state index in [0.29, 0.717) is 0 Å². The fourth-order valence-electron chi connectivity index (χ4n) is 3.11. The minimum atomic E-state index is -1.11. The highest BCUT2D eigenvalue weighted by atomic mass is 16.5. The van der Waals surface area contributed by atoms with Gasteiger partial charge in [-0.05, 0) is 32.6 Å². The number of aliphatic carboxylic acids is 1. The normalized spacial score (nSPS) is 13.3. The third-order valence-electron chi connectivity index (χ3n) is 5.02. The Bertz CT molecular complexity index is 354. The lowest BCUT2D eigenvalue weighted by Crippen LogP contribution is -2.27. The molecule has 2 atom stereocenters. The summed E-state index contributed by atoms with van der Waals surface area (Å²) in [5.41, 5.74) is 0. The maximum absolute atomic E-state index is 11.9. The van der Waals surface area contributed by atoms with Crippen LogP contribution in [-0.2, 0) is 14.3 Å². The van der Waals surface area contributed by atoms with Crippen LogP contribution in [0.4, 0.5) is 0 Å². The molecule has 0 fully saturated rings. The van der Waals surface area contributed by atoms with Crippen LogP contribution >= 0.6 is 0 Å². The summed E-state index contributed by atoms with van der Waals surface area (Å²) in [5.74, 6) is -2.77. The van der Waals surface area contributed by atoms with Crippen molar-refractivity contribution in [3.05, 3.63) is 0 Å². The van der Waals surface area contributed by atoms with Crippen molar-refractivity contribution in [2.24, 2.45) is 5.92 Å². The van der Waals surface area contributed by atoms with Gasteiger partial charge < -0.3 is 9.84 Å². The van der Waals surface area contributed by atoms with E-state index in [9.17, 15) is 9.59 Å². The summed E-state index contributed by atoms with van der Waals surface area (Å²) in [5, 5.41) is 8.94. The van der Waals surface area contributed by atoms with E-state index in [2.05, 4.69) is 13.8 Å². The molecule has 26 heavy (non-hydrogen) atoms. The van der Waals surface area contributed by atoms with Gasteiger partial charge in [-0.15, -0.1) is 0 Å². The van der Waals surface area contributed by atoms with Crippen molar-refractivity contribution < 1.29 is 19.4 Å². The Labute approximate surface area is 161 Å². The van der Waals surface area contributed by atoms with E-state index >= 15 is 0 Å². The monoisotopic (exact) mass is 370 g/mol. The number of carboxylic acid groups (broad SMARTS) is 1. The molecule has 0 radical (unpaired) electrons. The fourth-order valence-corrected chi connectivity index (χ4v) is 3.11. The van der Waals surface area contributed by atoms with Crippen LogP contribution in [0.3, 0.4) is 0 Å². The molecule has 0 heterocycles. The zero-order chi connectivity index (χ0) is 19.6. The van der Waals surface area contributed by atoms with Crippen LogP contribution in [0.1, 0.15) is 117 Å². The molecule has 0 aromatic rings. The number of ether oxygens (including phenoxy) is 1. The minimum Gasteiger partial charge on any atom is -0.481 e. The lowest BCUT2D eigenvalue weighted by Gasteiger charge is -2.19. The molecule has 0 aliphatic carbocycles. The third kappa shape index (κ3) is 14.1. The van der Waals surface area contributed by atoms with Gasteiger partial charge in [-0.1, -0.05) is 84.5 Å². The van der Waals surface area contributed by atoms with Crippen molar-refractivity contribution >= 4 is 11.9 Å². The summed E-state index contributed by atoms with van der Waals surface area (Å²) in [6.07, 6.45) is 17.7. The number of carbonyl (C=O) groups excluding carboxylic acids is 1. The van der Waals surface area contributed by atoms with Gasteiger partial charge in [0.2, 0.25) is 0 Å². The number of carboxylic acids is 1. The van der Waals surface area contributed by atoms with Crippen molar-refractivity contribution in [2.75, 3.05) is 0 Å². The van der Waals surface area contributed by atoms with E-state index in [-0.39, 0.29) is 6.10 Å². The first-order valence-corrected chi connectivity index (χ1v) is 11.0. The molecule has 0 amide bonds. The number of hydrogen-bond acceptors (Lipinski definition) is 3. The van der Waals surface area contributed by atoms with Gasteiger partial charge in [0.1, 0.15) is 6.10 Å². The Hall–Kier alpha value is -1.06. The molecule has 0 aromatic carbocycles. The van der Waals surface area contributed by atoms with E-state index < -0.39 is 17.9 Å². The van der Waals surface area contributed by atoms with Crippen LogP contribution in [0.2, 0.25) is 0 Å². The number of carbonyl (C=O) groups is 2. The molecule has 0 aliphatic heterocycles. The number of unbranched alkanes of at least 4 members (excludes halogenated alkanes) is 11. The van der Waals surface area contributed by atoms with Crippen LogP contribution in [0.25, 0.3) is 0 Å². The highest BCUT2D eigenvalue weighted by molar-refractivity contribution is 5.93. The van der Waals surface area contributed by atoms with Gasteiger partial charge in [-0.3, -0.25) is 9.59 Å². The second kappa shape index (κ2) is 17.4. The molecule has 0 bridgehead atoms. The van der Waals surface area contributed by atoms with E-state index in [4.69, 9.17) is 9.84 Å². The Morgan fingerprint density at radius 2 is 1.12 bits per heavy atom. The highest BCUT2D eigenvalue weighted by Crippen LogP contribution is 2.18. The molecular formula is C22H42O4. The first-order chi connectivity index (χ1) is 12.5. The SMILES string of the molecule is CCCCCCCCCCCCC(CCCCC)OC(=O)C(C)C(=O)O. The van der Waals surface area contributed by atoms with Crippen LogP contribution in [0, 0.1) is 5.92 Å². The molecule has 0 rings (SSSR count). The number of hydrogen-bond donors (Lipinski definition) is 1. The fraction of sp³-hybridized carbons (Fsp3) is 0.909. The first kappa shape index (κ1) is 24.9. The minimum absolute atomic E-state index is 0.120. The molecule has 1 N–H and O–H groups in total. The summed E-state index contributed by atoms with van der Waals surface area (Å²) in [6, 6.07) is 0. The Kier molecular flexibility index (Phi) is 16.7. The van der Waals surface area contributed by atoms with E-state index in [1.54, 1.807) is 0 Å². The Balaban J connectivity index is 3.93. The van der Waals surface area contributed by atoms with E-state index in [1.165, 1.54) is 64.7 Å². The summed E-state index contributed by atoms with van der Waals surface area (Å²) in [4.78, 5) is 22.8. The molecule has 0 aromatic heterocycles. The molecule has 0 saturated heterocycles. The summed E-state index contributed by atoms with van der Waals surface area (Å²) in [6.45, 7) is 5.79. The Morgan fingerprint density at radius 3 is 1.58 bits per heavy atom. The highest BCUT2D eigenvalue weighted by Gasteiger charge is 2.25. The quantitative estimate of drug-likeness (QED) is 0.170. The lowest BCUT2D eigenvalue weighted by molar-refractivity contribution is -0.162. The number of rotatable bonds is 18. The predicted molar refractivity (Wildman–Crippen MR) is 107 cm³/mol. The van der Waals surface area contributed by atoms with Gasteiger partial charge in [0.05, 0.1) is 0 Å². The smallest absolute Gasteiger partial charge is 0.320 e. The first-order valence-electron chi connectivity index (χ1n) is 11.0. The lowest BCUT2D eigenvalue weighted by atomic mass is 10.0. The van der Waals surface area contributed by atoms with Gasteiger partial charge in [-0.2, -0.15) is 0 Å². The Morgan fingerprint density at radius 1 is 0.731 bits per heavy atom. The average molecular weight is 371 g/mol. The maximum atomic E-state index is 11.9. The van der Waals surface area contributed by atoms with Gasteiger partial charge in [0.25, 0.3) is 0 Å². The molecule has 0 aliphatic rings. The molecule has 154 valence electrons. The van der Waals surface area contributed by atoms with Crippen molar-refractivity contribution in [1.29, 1.82) is 0 Å². The summed E-state index contributed by atoms with van der Waals surface area (Å²) in [7, 11) is 0. The molecule has 2 unspecified atom stereocenters. The molecule has 4 heteroatoms. The van der Waals surface area contributed by atoms with Crippen LogP contribution in [0.15, 0.2) is 0 Å². The van der Waals surface area contributed by atoms with Gasteiger partial charge in [0, 0.05) is 0 Å². The van der Waals surface area contributed by atoms with Crippen molar-refractivity contribution in [2.45, 2.75) is 123 Å². The molecule has 0 spiro atoms. The second-order valence-electron chi connectivity index (χ2n) is 7.59. The maximum Gasteiger partial charge on any atom is 0.320 e. The summed E-state index contributed by atoms with van der Waals surface area (Å²) < 4.78 is 5.48. The second-order valence-corrected chi connectivity index (χ2v) is 7.59. The van der Waals surface area contributed by atoms with Gasteiger partial charge in [-0.25, -0.2) is 0 Å². The molecule has 0 saturated carbocycles. The van der Waals surface area contributed by atoms with E-state index in [0.717, 1.165) is 38.5 Å². The van der Waals surface area contributed by atoms with Crippen LogP contribution in [0.5, 0.6) is 0 Å². The molecule has 4 nitrogen and oxygen atoms in total. The molecular weight excluding hydrogens is 328 g/mol. The van der Waals surface area contributed by atoms with Crippen LogP contribution < -0.4 is 0 Å². The predicted octanol–water partition coefficient (Wildman–Crippen LogP) is 6.51. The number of esters is 1. The van der Waals surface area contributed by atoms with Gasteiger partial charge >= 0.3 is 11.9 Å². The topological polar surface area (TPSA) is 63.6 Å². The summed E-state index contributed by atoms with van der Waals surface area (Å²) >= 11 is 0. The zero-order valence-electron chi connectivity index (χ0n) is 17.4. The zero-order valence-corrected chi connectivity index (χ0v) is 17.4. The van der Waals surface area contributed by atoms with Crippen molar-refractivity contribution in [3.63, 3.8) is 0 Å². The third-order valence-corrected chi connectivity index (χ3v) is 5.02. The average Bonchev–Trinajstić information content (AvgIpc) is 2.62. The van der Waals surface area contributed by atoms with Crippen LogP contribution in [-0.4, -0.2) is 23.1 Å². The van der Waals surface area contributed by atoms with E-state index in [1.807, 2.05) is 0 Å².